The summed E-state index contributed by atoms with van der Waals surface area (Å²) in [7, 11) is 3.92. The summed E-state index contributed by atoms with van der Waals surface area (Å²) >= 11 is 0. The summed E-state index contributed by atoms with van der Waals surface area (Å²) in [5.74, 6) is 0.150. The predicted molar refractivity (Wildman–Crippen MR) is 138 cm³/mol. The molecule has 2 unspecified atom stereocenters. The third kappa shape index (κ3) is 4.18. The Morgan fingerprint density at radius 3 is 2.67 bits per heavy atom. The van der Waals surface area contributed by atoms with Crippen molar-refractivity contribution in [1.29, 1.82) is 0 Å². The third-order valence-corrected chi connectivity index (χ3v) is 7.03. The fourth-order valence-electron chi connectivity index (χ4n) is 5.30. The molecule has 8 nitrogen and oxygen atoms in total. The number of hydrogen-bond acceptors (Lipinski definition) is 8. The van der Waals surface area contributed by atoms with Crippen molar-refractivity contribution in [2.45, 2.75) is 24.9 Å². The van der Waals surface area contributed by atoms with Crippen LogP contribution >= 0.6 is 0 Å². The highest BCUT2D eigenvalue weighted by atomic mass is 19.1. The average molecular weight is 489 g/mol. The van der Waals surface area contributed by atoms with Crippen LogP contribution in [0.15, 0.2) is 42.6 Å². The van der Waals surface area contributed by atoms with E-state index in [1.165, 1.54) is 0 Å². The number of fused-ring (bicyclic) bond motifs is 4. The number of ether oxygens (including phenoxy) is 1. The molecule has 0 radical (unpaired) electrons. The maximum absolute atomic E-state index is 16.2. The van der Waals surface area contributed by atoms with Crippen LogP contribution in [0.3, 0.4) is 0 Å². The van der Waals surface area contributed by atoms with E-state index in [1.54, 1.807) is 18.3 Å². The number of phenolic OH excluding ortho intramolecular Hbond substituents is 1. The largest absolute Gasteiger partial charge is 0.508 e. The Bertz CT molecular complexity index is 1430. The molecule has 2 aliphatic heterocycles. The van der Waals surface area contributed by atoms with Crippen LogP contribution in [0.5, 0.6) is 11.8 Å². The number of pyridine rings is 1. The van der Waals surface area contributed by atoms with Crippen LogP contribution < -0.4 is 15.0 Å². The van der Waals surface area contributed by atoms with Gasteiger partial charge in [0.1, 0.15) is 29.4 Å². The molecule has 2 aliphatic rings. The first-order chi connectivity index (χ1) is 17.5. The average Bonchev–Trinajstić information content (AvgIpc) is 3.20. The zero-order valence-corrected chi connectivity index (χ0v) is 20.4. The molecule has 2 aromatic carbocycles. The van der Waals surface area contributed by atoms with Gasteiger partial charge in [0.15, 0.2) is 5.82 Å². The lowest BCUT2D eigenvalue weighted by atomic mass is 10.0. The summed E-state index contributed by atoms with van der Waals surface area (Å²) in [6.45, 7) is 2.66. The lowest BCUT2D eigenvalue weighted by molar-refractivity contribution is 0.246. The van der Waals surface area contributed by atoms with Crippen molar-refractivity contribution >= 4 is 27.5 Å². The van der Waals surface area contributed by atoms with Gasteiger partial charge in [0, 0.05) is 43.5 Å². The fraction of sp³-hybridized carbons (Fsp3) is 0.370. The second-order valence-electron chi connectivity index (χ2n) is 9.92. The van der Waals surface area contributed by atoms with Gasteiger partial charge in [-0.05, 0) is 49.8 Å². The summed E-state index contributed by atoms with van der Waals surface area (Å²) < 4.78 is 22.1. The second-order valence-corrected chi connectivity index (χ2v) is 9.92. The van der Waals surface area contributed by atoms with E-state index < -0.39 is 5.82 Å². The number of aromatic hydroxyl groups is 1. The van der Waals surface area contributed by atoms with Crippen molar-refractivity contribution in [2.75, 3.05) is 45.2 Å². The molecule has 2 saturated heterocycles. The van der Waals surface area contributed by atoms with Crippen molar-refractivity contribution in [3.05, 3.63) is 48.4 Å². The number of nitrogens with zero attached hydrogens (tertiary/aromatic N) is 5. The van der Waals surface area contributed by atoms with Crippen LogP contribution in [0, 0.1) is 5.82 Å². The standard InChI is InChI=1S/C27H29FN6O2/c1-33(2)9-10-36-27-31-25-22(26(32-27)34-14-17-7-8-18(15-34)30-17)13-29-24(23(25)28)21-12-19(35)11-16-5-3-4-6-20(16)21/h3-6,11-13,17-18,30,35H,7-10,14-15H2,1-2H3. The Morgan fingerprint density at radius 2 is 1.89 bits per heavy atom. The zero-order valence-electron chi connectivity index (χ0n) is 20.4. The highest BCUT2D eigenvalue weighted by Crippen LogP contribution is 2.37. The minimum atomic E-state index is -0.553. The molecule has 36 heavy (non-hydrogen) atoms. The number of nitrogens with one attached hydrogen (secondary N) is 1. The topological polar surface area (TPSA) is 86.6 Å². The van der Waals surface area contributed by atoms with Gasteiger partial charge in [-0.3, -0.25) is 4.98 Å². The normalized spacial score (nSPS) is 19.5. The van der Waals surface area contributed by atoms with E-state index >= 15 is 4.39 Å². The van der Waals surface area contributed by atoms with Crippen molar-refractivity contribution in [2.24, 2.45) is 0 Å². The molecular formula is C27H29FN6O2. The molecule has 2 aromatic heterocycles. The molecule has 2 bridgehead atoms. The summed E-state index contributed by atoms with van der Waals surface area (Å²) in [5, 5.41) is 16.1. The van der Waals surface area contributed by atoms with E-state index in [-0.39, 0.29) is 23.0 Å². The van der Waals surface area contributed by atoms with Crippen molar-refractivity contribution in [1.82, 2.24) is 25.2 Å². The number of hydrogen-bond donors (Lipinski definition) is 2. The molecule has 9 heteroatoms. The first-order valence-corrected chi connectivity index (χ1v) is 12.3. The maximum Gasteiger partial charge on any atom is 0.319 e. The number of benzene rings is 2. The van der Waals surface area contributed by atoms with Crippen molar-refractivity contribution in [3.8, 4) is 23.0 Å². The fourth-order valence-corrected chi connectivity index (χ4v) is 5.30. The lowest BCUT2D eigenvalue weighted by Gasteiger charge is -2.34. The molecule has 2 atom stereocenters. The van der Waals surface area contributed by atoms with Gasteiger partial charge >= 0.3 is 6.01 Å². The molecule has 0 amide bonds. The van der Waals surface area contributed by atoms with Gasteiger partial charge in [-0.1, -0.05) is 24.3 Å². The number of rotatable bonds is 6. The number of aromatic nitrogens is 3. The molecule has 0 aliphatic carbocycles. The number of piperazine rings is 1. The molecule has 6 rings (SSSR count). The highest BCUT2D eigenvalue weighted by Gasteiger charge is 2.34. The van der Waals surface area contributed by atoms with Gasteiger partial charge in [0.25, 0.3) is 0 Å². The van der Waals surface area contributed by atoms with Crippen LogP contribution in [-0.4, -0.2) is 77.4 Å². The van der Waals surface area contributed by atoms with Gasteiger partial charge in [0.05, 0.1) is 5.39 Å². The van der Waals surface area contributed by atoms with E-state index in [4.69, 9.17) is 9.72 Å². The Kier molecular flexibility index (Phi) is 5.81. The summed E-state index contributed by atoms with van der Waals surface area (Å²) in [6, 6.07) is 11.7. The van der Waals surface area contributed by atoms with Crippen LogP contribution in [-0.2, 0) is 0 Å². The number of phenols is 1. The number of anilines is 1. The SMILES string of the molecule is CN(C)CCOc1nc(N2CC3CCC(C2)N3)c2cnc(-c3cc(O)cc4ccccc34)c(F)c2n1. The smallest absolute Gasteiger partial charge is 0.319 e. The van der Waals surface area contributed by atoms with Gasteiger partial charge < -0.3 is 25.0 Å². The Labute approximate surface area is 208 Å². The number of halogens is 1. The summed E-state index contributed by atoms with van der Waals surface area (Å²) in [5.41, 5.74) is 0.822. The van der Waals surface area contributed by atoms with Crippen molar-refractivity contribution in [3.63, 3.8) is 0 Å². The minimum absolute atomic E-state index is 0.0531. The first kappa shape index (κ1) is 22.9. The van der Waals surface area contributed by atoms with Gasteiger partial charge in [-0.15, -0.1) is 0 Å². The summed E-state index contributed by atoms with van der Waals surface area (Å²) in [4.78, 5) is 18.0. The van der Waals surface area contributed by atoms with Gasteiger partial charge in [-0.25, -0.2) is 4.39 Å². The maximum atomic E-state index is 16.2. The molecule has 2 N–H and O–H groups in total. The Morgan fingerprint density at radius 1 is 1.11 bits per heavy atom. The van der Waals surface area contributed by atoms with E-state index in [9.17, 15) is 5.11 Å². The van der Waals surface area contributed by atoms with E-state index in [2.05, 4.69) is 20.2 Å². The van der Waals surface area contributed by atoms with Crippen LogP contribution in [0.1, 0.15) is 12.8 Å². The van der Waals surface area contributed by atoms with Gasteiger partial charge in [0.2, 0.25) is 0 Å². The van der Waals surface area contributed by atoms with E-state index in [0.717, 1.165) is 36.7 Å². The molecule has 4 heterocycles. The second kappa shape index (κ2) is 9.15. The molecule has 4 aromatic rings. The van der Waals surface area contributed by atoms with Crippen LogP contribution in [0.2, 0.25) is 0 Å². The minimum Gasteiger partial charge on any atom is -0.508 e. The summed E-state index contributed by atoms with van der Waals surface area (Å²) in [6.07, 6.45) is 3.89. The van der Waals surface area contributed by atoms with Crippen molar-refractivity contribution < 1.29 is 14.2 Å². The molecule has 0 spiro atoms. The van der Waals surface area contributed by atoms with Crippen LogP contribution in [0.4, 0.5) is 10.2 Å². The third-order valence-electron chi connectivity index (χ3n) is 7.03. The quantitative estimate of drug-likeness (QED) is 0.426. The monoisotopic (exact) mass is 488 g/mol. The Hall–Kier alpha value is -3.56. The Balaban J connectivity index is 1.50. The molecule has 0 saturated carbocycles. The lowest BCUT2D eigenvalue weighted by Crippen LogP contribution is -2.51. The zero-order chi connectivity index (χ0) is 24.8. The first-order valence-electron chi connectivity index (χ1n) is 12.3. The number of likely N-dealkylation sites (N-methyl/N-ethyl adjacent to an activating group) is 1. The predicted octanol–water partition coefficient (Wildman–Crippen LogP) is 3.57. The highest BCUT2D eigenvalue weighted by molar-refractivity contribution is 5.99. The van der Waals surface area contributed by atoms with E-state index in [0.29, 0.717) is 42.0 Å². The molecule has 186 valence electrons. The van der Waals surface area contributed by atoms with Crippen LogP contribution in [0.25, 0.3) is 32.9 Å². The molecular weight excluding hydrogens is 459 g/mol. The van der Waals surface area contributed by atoms with E-state index in [1.807, 2.05) is 43.3 Å². The molecule has 2 fully saturated rings. The van der Waals surface area contributed by atoms with Gasteiger partial charge in [-0.2, -0.15) is 9.97 Å².